The molecule has 0 heterocycles. The lowest BCUT2D eigenvalue weighted by atomic mass is 10.2. The number of carbonyl (C=O) groups is 2. The van der Waals surface area contributed by atoms with E-state index in [1.165, 1.54) is 0 Å². The van der Waals surface area contributed by atoms with Gasteiger partial charge >= 0.3 is 12.2 Å². The molecule has 1 rings (SSSR count). The monoisotopic (exact) mass is 364 g/mol. The van der Waals surface area contributed by atoms with Crippen LogP contribution in [0.5, 0.6) is 0 Å². The molecule has 0 unspecified atom stereocenters. The van der Waals surface area contributed by atoms with Crippen LogP contribution >= 0.6 is 0 Å². The molecule has 146 valence electrons. The van der Waals surface area contributed by atoms with Gasteiger partial charge in [-0.15, -0.1) is 0 Å². The Bertz CT molecular complexity index is 580. The fourth-order valence-corrected chi connectivity index (χ4v) is 2.30. The van der Waals surface area contributed by atoms with Crippen molar-refractivity contribution in [3.8, 4) is 0 Å². The first kappa shape index (κ1) is 21.8. The minimum atomic E-state index is -0.762. The topological polar surface area (TPSA) is 59.1 Å². The summed E-state index contributed by atoms with van der Waals surface area (Å²) in [6, 6.07) is 7.21. The summed E-state index contributed by atoms with van der Waals surface area (Å²) in [4.78, 5) is 28.3. The lowest BCUT2D eigenvalue weighted by Crippen LogP contribution is -2.43. The highest BCUT2D eigenvalue weighted by Gasteiger charge is 2.32. The van der Waals surface area contributed by atoms with Crippen LogP contribution in [0.25, 0.3) is 0 Å². The van der Waals surface area contributed by atoms with Gasteiger partial charge in [0.2, 0.25) is 0 Å². The standard InChI is InChI=1S/C20H32N2O4/c1-9-21(10-2)15-11-13-16(14-12-15)22(17(23)25-19(3,4)5)18(24)26-20(6,7)8/h11-14H,9-10H2,1-8H3. The fourth-order valence-electron chi connectivity index (χ4n) is 2.30. The summed E-state index contributed by atoms with van der Waals surface area (Å²) in [5, 5.41) is 0. The van der Waals surface area contributed by atoms with Crippen molar-refractivity contribution in [3.63, 3.8) is 0 Å². The van der Waals surface area contributed by atoms with Crippen molar-refractivity contribution in [2.75, 3.05) is 22.9 Å². The zero-order valence-corrected chi connectivity index (χ0v) is 17.3. The second-order valence-corrected chi connectivity index (χ2v) is 7.98. The molecular weight excluding hydrogens is 332 g/mol. The molecule has 0 aliphatic heterocycles. The smallest absolute Gasteiger partial charge is 0.424 e. The number of amides is 2. The summed E-state index contributed by atoms with van der Waals surface area (Å²) in [5.74, 6) is 0. The molecular formula is C20H32N2O4. The molecule has 1 aromatic carbocycles. The van der Waals surface area contributed by atoms with Gasteiger partial charge in [0.15, 0.2) is 0 Å². The van der Waals surface area contributed by atoms with Gasteiger partial charge < -0.3 is 14.4 Å². The molecule has 0 spiro atoms. The maximum absolute atomic E-state index is 12.6. The maximum atomic E-state index is 12.6. The molecule has 26 heavy (non-hydrogen) atoms. The molecule has 0 atom stereocenters. The van der Waals surface area contributed by atoms with Crippen LogP contribution in [-0.2, 0) is 9.47 Å². The minimum Gasteiger partial charge on any atom is -0.443 e. The predicted octanol–water partition coefficient (Wildman–Crippen LogP) is 5.21. The van der Waals surface area contributed by atoms with Crippen molar-refractivity contribution < 1.29 is 19.1 Å². The second-order valence-electron chi connectivity index (χ2n) is 7.98. The number of anilines is 2. The van der Waals surface area contributed by atoms with Gasteiger partial charge in [-0.1, -0.05) is 0 Å². The molecule has 0 aliphatic carbocycles. The normalized spacial score (nSPS) is 11.7. The van der Waals surface area contributed by atoms with E-state index in [2.05, 4.69) is 18.7 Å². The molecule has 0 radical (unpaired) electrons. The Morgan fingerprint density at radius 3 is 1.42 bits per heavy atom. The van der Waals surface area contributed by atoms with E-state index in [4.69, 9.17) is 9.47 Å². The number of rotatable bonds is 4. The number of benzene rings is 1. The van der Waals surface area contributed by atoms with Crippen LogP contribution < -0.4 is 9.80 Å². The van der Waals surface area contributed by atoms with Gasteiger partial charge in [0.1, 0.15) is 11.2 Å². The van der Waals surface area contributed by atoms with Crippen LogP contribution in [0.4, 0.5) is 21.0 Å². The van der Waals surface area contributed by atoms with Gasteiger partial charge in [-0.05, 0) is 79.7 Å². The molecule has 0 aromatic heterocycles. The number of imide groups is 1. The lowest BCUT2D eigenvalue weighted by molar-refractivity contribution is 0.0431. The molecule has 0 aliphatic rings. The third-order valence-electron chi connectivity index (χ3n) is 3.39. The fraction of sp³-hybridized carbons (Fsp3) is 0.600. The van der Waals surface area contributed by atoms with Gasteiger partial charge in [-0.3, -0.25) is 0 Å². The van der Waals surface area contributed by atoms with Crippen LogP contribution in [0.1, 0.15) is 55.4 Å². The van der Waals surface area contributed by atoms with E-state index in [-0.39, 0.29) is 0 Å². The number of hydrogen-bond donors (Lipinski definition) is 0. The molecule has 6 heteroatoms. The Morgan fingerprint density at radius 1 is 0.769 bits per heavy atom. The van der Waals surface area contributed by atoms with E-state index in [1.54, 1.807) is 53.7 Å². The molecule has 6 nitrogen and oxygen atoms in total. The summed E-state index contributed by atoms with van der Waals surface area (Å²) in [6.45, 7) is 16.4. The van der Waals surface area contributed by atoms with E-state index in [1.807, 2.05) is 12.1 Å². The van der Waals surface area contributed by atoms with Crippen molar-refractivity contribution in [1.29, 1.82) is 0 Å². The first-order valence-corrected chi connectivity index (χ1v) is 8.99. The number of nitrogens with zero attached hydrogens (tertiary/aromatic N) is 2. The highest BCUT2D eigenvalue weighted by atomic mass is 16.6. The van der Waals surface area contributed by atoms with Crippen molar-refractivity contribution in [3.05, 3.63) is 24.3 Å². The maximum Gasteiger partial charge on any atom is 0.424 e. The van der Waals surface area contributed by atoms with Gasteiger partial charge in [0, 0.05) is 18.8 Å². The Labute approximate surface area is 157 Å². The summed E-state index contributed by atoms with van der Waals surface area (Å²) >= 11 is 0. The van der Waals surface area contributed by atoms with Gasteiger partial charge in [0.25, 0.3) is 0 Å². The molecule has 0 saturated carbocycles. The zero-order chi connectivity index (χ0) is 20.1. The van der Waals surface area contributed by atoms with Crippen LogP contribution in [0.15, 0.2) is 24.3 Å². The highest BCUT2D eigenvalue weighted by Crippen LogP contribution is 2.24. The molecule has 0 fully saturated rings. The van der Waals surface area contributed by atoms with Gasteiger partial charge in [-0.25, -0.2) is 9.59 Å². The average Bonchev–Trinajstić information content (AvgIpc) is 2.46. The molecule has 2 amide bonds. The third-order valence-corrected chi connectivity index (χ3v) is 3.39. The van der Waals surface area contributed by atoms with Crippen molar-refractivity contribution in [2.45, 2.75) is 66.6 Å². The zero-order valence-electron chi connectivity index (χ0n) is 17.3. The highest BCUT2D eigenvalue weighted by molar-refractivity contribution is 6.09. The Kier molecular flexibility index (Phi) is 7.07. The summed E-state index contributed by atoms with van der Waals surface area (Å²) in [7, 11) is 0. The first-order valence-electron chi connectivity index (χ1n) is 8.99. The van der Waals surface area contributed by atoms with E-state index >= 15 is 0 Å². The van der Waals surface area contributed by atoms with E-state index in [9.17, 15) is 9.59 Å². The number of ether oxygens (including phenoxy) is 2. The Balaban J connectivity index is 3.19. The minimum absolute atomic E-state index is 0.407. The molecule has 1 aromatic rings. The first-order chi connectivity index (χ1) is 11.9. The Morgan fingerprint density at radius 2 is 1.12 bits per heavy atom. The van der Waals surface area contributed by atoms with Crippen molar-refractivity contribution in [2.24, 2.45) is 0 Å². The average molecular weight is 364 g/mol. The van der Waals surface area contributed by atoms with Crippen molar-refractivity contribution in [1.82, 2.24) is 0 Å². The Hall–Kier alpha value is -2.24. The summed E-state index contributed by atoms with van der Waals surface area (Å²) in [6.07, 6.45) is -1.52. The SMILES string of the molecule is CCN(CC)c1ccc(N(C(=O)OC(C)(C)C)C(=O)OC(C)(C)C)cc1. The molecule has 0 N–H and O–H groups in total. The van der Waals surface area contributed by atoms with Crippen LogP contribution in [-0.4, -0.2) is 36.5 Å². The van der Waals surface area contributed by atoms with Gasteiger partial charge in [0.05, 0.1) is 5.69 Å². The molecule has 0 bridgehead atoms. The molecule has 0 saturated heterocycles. The van der Waals surface area contributed by atoms with E-state index in [0.29, 0.717) is 5.69 Å². The third kappa shape index (κ3) is 6.58. The second kappa shape index (κ2) is 8.43. The predicted molar refractivity (Wildman–Crippen MR) is 105 cm³/mol. The van der Waals surface area contributed by atoms with E-state index < -0.39 is 23.4 Å². The van der Waals surface area contributed by atoms with Crippen LogP contribution in [0, 0.1) is 0 Å². The van der Waals surface area contributed by atoms with E-state index in [0.717, 1.165) is 23.7 Å². The number of carbonyl (C=O) groups excluding carboxylic acids is 2. The summed E-state index contributed by atoms with van der Waals surface area (Å²) in [5.41, 5.74) is -0.0201. The summed E-state index contributed by atoms with van der Waals surface area (Å²) < 4.78 is 10.8. The lowest BCUT2D eigenvalue weighted by Gasteiger charge is -2.29. The number of hydrogen-bond acceptors (Lipinski definition) is 5. The van der Waals surface area contributed by atoms with Crippen LogP contribution in [0.2, 0.25) is 0 Å². The quantitative estimate of drug-likeness (QED) is 0.734. The van der Waals surface area contributed by atoms with Crippen LogP contribution in [0.3, 0.4) is 0 Å². The van der Waals surface area contributed by atoms with Gasteiger partial charge in [-0.2, -0.15) is 4.90 Å². The van der Waals surface area contributed by atoms with Crippen molar-refractivity contribution >= 4 is 23.6 Å². The largest absolute Gasteiger partial charge is 0.443 e.